The van der Waals surface area contributed by atoms with Crippen LogP contribution in [0.5, 0.6) is 0 Å². The maximum atomic E-state index is 10.8. The van der Waals surface area contributed by atoms with Gasteiger partial charge in [-0.05, 0) is 6.42 Å². The molecule has 0 bridgehead atoms. The van der Waals surface area contributed by atoms with Gasteiger partial charge < -0.3 is 11.5 Å². The van der Waals surface area contributed by atoms with Gasteiger partial charge in [-0.3, -0.25) is 9.59 Å². The molecule has 0 aromatic carbocycles. The summed E-state index contributed by atoms with van der Waals surface area (Å²) < 4.78 is 0. The highest BCUT2D eigenvalue weighted by atomic mass is 16.2. The molecule has 0 heterocycles. The van der Waals surface area contributed by atoms with E-state index in [0.29, 0.717) is 0 Å². The van der Waals surface area contributed by atoms with Crippen LogP contribution in [0, 0.1) is 5.41 Å². The molecule has 0 aromatic rings. The van der Waals surface area contributed by atoms with Crippen LogP contribution in [0.4, 0.5) is 0 Å². The molecule has 2 atom stereocenters. The number of primary amides is 1. The standard InChI is InChI=1S/C7H9N2O2/c1-2-6(5(8)11)3-7(6,9)4-10/h2H,1,3,9H2,(H2,8,11)/t6-,7-/m0/s1. The van der Waals surface area contributed by atoms with Crippen LogP contribution in [-0.2, 0) is 9.59 Å². The molecule has 0 aromatic heterocycles. The Balaban J connectivity index is 2.95. The van der Waals surface area contributed by atoms with Gasteiger partial charge in [-0.25, -0.2) is 0 Å². The zero-order valence-electron chi connectivity index (χ0n) is 5.96. The second kappa shape index (κ2) is 1.92. The van der Waals surface area contributed by atoms with E-state index in [4.69, 9.17) is 11.5 Å². The molecule has 1 aliphatic carbocycles. The lowest BCUT2D eigenvalue weighted by molar-refractivity contribution is -0.121. The number of hydrogen-bond acceptors (Lipinski definition) is 3. The van der Waals surface area contributed by atoms with Crippen molar-refractivity contribution in [2.45, 2.75) is 12.0 Å². The van der Waals surface area contributed by atoms with Gasteiger partial charge in [-0.2, -0.15) is 0 Å². The minimum atomic E-state index is -1.22. The third kappa shape index (κ3) is 0.728. The first-order valence-electron chi connectivity index (χ1n) is 3.14. The van der Waals surface area contributed by atoms with Gasteiger partial charge >= 0.3 is 0 Å². The number of carbonyl (C=O) groups excluding carboxylic acids is 2. The van der Waals surface area contributed by atoms with Crippen LogP contribution in [0.1, 0.15) is 6.42 Å². The van der Waals surface area contributed by atoms with Crippen molar-refractivity contribution < 1.29 is 9.59 Å². The van der Waals surface area contributed by atoms with Crippen molar-refractivity contribution in [2.75, 3.05) is 0 Å². The van der Waals surface area contributed by atoms with Crippen molar-refractivity contribution in [2.24, 2.45) is 16.9 Å². The van der Waals surface area contributed by atoms with Crippen LogP contribution < -0.4 is 11.5 Å². The molecule has 1 saturated carbocycles. The highest BCUT2D eigenvalue weighted by Gasteiger charge is 2.68. The Bertz CT molecular complexity index is 239. The third-order valence-electron chi connectivity index (χ3n) is 2.20. The summed E-state index contributed by atoms with van der Waals surface area (Å²) in [6, 6.07) is 0. The van der Waals surface area contributed by atoms with E-state index in [1.165, 1.54) is 6.08 Å². The van der Waals surface area contributed by atoms with Crippen molar-refractivity contribution in [3.63, 3.8) is 0 Å². The molecule has 0 spiro atoms. The summed E-state index contributed by atoms with van der Waals surface area (Å²) in [4.78, 5) is 21.0. The lowest BCUT2D eigenvalue weighted by Crippen LogP contribution is -2.39. The Kier molecular flexibility index (Phi) is 1.38. The zero-order chi connectivity index (χ0) is 8.70. The van der Waals surface area contributed by atoms with Crippen LogP contribution in [0.2, 0.25) is 0 Å². The molecule has 1 aliphatic rings. The molecule has 0 saturated heterocycles. The molecular weight excluding hydrogens is 144 g/mol. The van der Waals surface area contributed by atoms with E-state index in [2.05, 4.69) is 6.58 Å². The summed E-state index contributed by atoms with van der Waals surface area (Å²) in [5.41, 5.74) is 8.20. The van der Waals surface area contributed by atoms with Crippen molar-refractivity contribution in [1.82, 2.24) is 0 Å². The Morgan fingerprint density at radius 2 is 2.27 bits per heavy atom. The topological polar surface area (TPSA) is 86.2 Å². The summed E-state index contributed by atoms with van der Waals surface area (Å²) in [6.07, 6.45) is 3.14. The summed E-state index contributed by atoms with van der Waals surface area (Å²) in [7, 11) is 0. The van der Waals surface area contributed by atoms with Gasteiger partial charge in [0.25, 0.3) is 0 Å². The fourth-order valence-corrected chi connectivity index (χ4v) is 1.18. The molecule has 0 aliphatic heterocycles. The quantitative estimate of drug-likeness (QED) is 0.502. The number of carbonyl (C=O) groups is 1. The smallest absolute Gasteiger partial charge is 0.229 e. The average Bonchev–Trinajstić information content (AvgIpc) is 2.59. The van der Waals surface area contributed by atoms with Gasteiger partial charge in [0, 0.05) is 0 Å². The van der Waals surface area contributed by atoms with Gasteiger partial charge in [0.1, 0.15) is 5.54 Å². The van der Waals surface area contributed by atoms with Crippen LogP contribution in [0.25, 0.3) is 0 Å². The lowest BCUT2D eigenvalue weighted by atomic mass is 10.0. The SMILES string of the molecule is C=C[C@@]1(C(N)=O)C[C@]1(N)[C]=O. The molecule has 59 valence electrons. The molecule has 1 fully saturated rings. The van der Waals surface area contributed by atoms with E-state index < -0.39 is 16.9 Å². The Labute approximate surface area is 64.2 Å². The first-order valence-corrected chi connectivity index (χ1v) is 3.14. The minimum absolute atomic E-state index is 0.225. The minimum Gasteiger partial charge on any atom is -0.369 e. The Hall–Kier alpha value is -1.16. The van der Waals surface area contributed by atoms with Gasteiger partial charge in [0.05, 0.1) is 5.41 Å². The molecule has 1 radical (unpaired) electrons. The van der Waals surface area contributed by atoms with Gasteiger partial charge in [-0.1, -0.05) is 6.08 Å². The Morgan fingerprint density at radius 1 is 1.73 bits per heavy atom. The second-order valence-corrected chi connectivity index (χ2v) is 2.79. The van der Waals surface area contributed by atoms with E-state index in [9.17, 15) is 9.59 Å². The second-order valence-electron chi connectivity index (χ2n) is 2.79. The number of nitrogens with two attached hydrogens (primary N) is 2. The van der Waals surface area contributed by atoms with Crippen molar-refractivity contribution in [1.29, 1.82) is 0 Å². The average molecular weight is 153 g/mol. The largest absolute Gasteiger partial charge is 0.369 e. The predicted octanol–water partition coefficient (Wildman–Crippen LogP) is -1.14. The van der Waals surface area contributed by atoms with E-state index in [1.54, 1.807) is 6.29 Å². The fraction of sp³-hybridized carbons (Fsp3) is 0.429. The van der Waals surface area contributed by atoms with Crippen molar-refractivity contribution in [3.8, 4) is 0 Å². The van der Waals surface area contributed by atoms with Crippen molar-refractivity contribution >= 4 is 12.2 Å². The summed E-state index contributed by atoms with van der Waals surface area (Å²) in [5, 5.41) is 0. The molecule has 0 unspecified atom stereocenters. The van der Waals surface area contributed by atoms with Crippen LogP contribution in [0.15, 0.2) is 12.7 Å². The molecule has 4 heteroatoms. The Morgan fingerprint density at radius 3 is 2.36 bits per heavy atom. The monoisotopic (exact) mass is 153 g/mol. The fourth-order valence-electron chi connectivity index (χ4n) is 1.18. The summed E-state index contributed by atoms with van der Waals surface area (Å²) in [6.45, 7) is 3.40. The lowest BCUT2D eigenvalue weighted by Gasteiger charge is -2.08. The van der Waals surface area contributed by atoms with E-state index in [0.717, 1.165) is 0 Å². The van der Waals surface area contributed by atoms with Crippen molar-refractivity contribution in [3.05, 3.63) is 12.7 Å². The highest BCUT2D eigenvalue weighted by Crippen LogP contribution is 2.53. The molecule has 4 N–H and O–H groups in total. The van der Waals surface area contributed by atoms with Gasteiger partial charge in [0.15, 0.2) is 0 Å². The third-order valence-corrected chi connectivity index (χ3v) is 2.20. The normalized spacial score (nSPS) is 41.2. The number of rotatable bonds is 3. The maximum absolute atomic E-state index is 10.8. The number of amides is 1. The van der Waals surface area contributed by atoms with Gasteiger partial charge in [0.2, 0.25) is 12.2 Å². The summed E-state index contributed by atoms with van der Waals surface area (Å²) >= 11 is 0. The van der Waals surface area contributed by atoms with Crippen LogP contribution in [0.3, 0.4) is 0 Å². The zero-order valence-corrected chi connectivity index (χ0v) is 5.96. The van der Waals surface area contributed by atoms with E-state index in [1.807, 2.05) is 0 Å². The number of hydrogen-bond donors (Lipinski definition) is 2. The molecule has 11 heavy (non-hydrogen) atoms. The van der Waals surface area contributed by atoms with Crippen LogP contribution >= 0.6 is 0 Å². The maximum Gasteiger partial charge on any atom is 0.229 e. The molecule has 1 amide bonds. The molecular formula is C7H9N2O2. The van der Waals surface area contributed by atoms with Crippen LogP contribution in [-0.4, -0.2) is 17.7 Å². The first kappa shape index (κ1) is 7.94. The molecule has 1 rings (SSSR count). The predicted molar refractivity (Wildman–Crippen MR) is 39.1 cm³/mol. The van der Waals surface area contributed by atoms with E-state index in [-0.39, 0.29) is 6.42 Å². The molecule has 4 nitrogen and oxygen atoms in total. The highest BCUT2D eigenvalue weighted by molar-refractivity contribution is 5.96. The van der Waals surface area contributed by atoms with Gasteiger partial charge in [-0.15, -0.1) is 6.58 Å². The summed E-state index contributed by atoms with van der Waals surface area (Å²) in [5.74, 6) is -0.613. The van der Waals surface area contributed by atoms with E-state index >= 15 is 0 Å². The first-order chi connectivity index (χ1) is 5.02.